The Balaban J connectivity index is 1.20. The zero-order valence-corrected chi connectivity index (χ0v) is 29.2. The number of benzene rings is 4. The molecule has 6 N–H and O–H groups in total. The molecule has 10 nitrogen and oxygen atoms in total. The fraction of sp³-hybridized carbons (Fsp3) is 0.238. The summed E-state index contributed by atoms with van der Waals surface area (Å²) in [4.78, 5) is 57.7. The third kappa shape index (κ3) is 8.47. The van der Waals surface area contributed by atoms with Crippen molar-refractivity contribution in [3.8, 4) is 0 Å². The van der Waals surface area contributed by atoms with E-state index in [1.54, 1.807) is 13.1 Å². The van der Waals surface area contributed by atoms with E-state index in [2.05, 4.69) is 26.3 Å². The molecule has 0 saturated carbocycles. The highest BCUT2D eigenvalue weighted by Crippen LogP contribution is 2.32. The van der Waals surface area contributed by atoms with Gasteiger partial charge in [-0.1, -0.05) is 103 Å². The summed E-state index contributed by atoms with van der Waals surface area (Å²) < 4.78 is 0. The van der Waals surface area contributed by atoms with Crippen molar-refractivity contribution in [2.24, 2.45) is 0 Å². The number of aliphatic hydroxyl groups excluding tert-OH is 1. The van der Waals surface area contributed by atoms with E-state index in [9.17, 15) is 24.3 Å². The Morgan fingerprint density at radius 3 is 2.12 bits per heavy atom. The van der Waals surface area contributed by atoms with Gasteiger partial charge in [-0.2, -0.15) is 0 Å². The zero-order chi connectivity index (χ0) is 36.6. The molecule has 1 aliphatic rings. The van der Waals surface area contributed by atoms with E-state index in [-0.39, 0.29) is 25.3 Å². The Kier molecular flexibility index (Phi) is 11.3. The van der Waals surface area contributed by atoms with Gasteiger partial charge in [0.2, 0.25) is 17.7 Å². The van der Waals surface area contributed by atoms with Gasteiger partial charge in [0.25, 0.3) is 5.91 Å². The van der Waals surface area contributed by atoms with Crippen LogP contribution in [0.3, 0.4) is 0 Å². The fourth-order valence-electron chi connectivity index (χ4n) is 6.62. The number of carbonyl (C=O) groups is 4. The minimum absolute atomic E-state index is 0.107. The van der Waals surface area contributed by atoms with Crippen molar-refractivity contribution in [1.29, 1.82) is 0 Å². The first-order valence-corrected chi connectivity index (χ1v) is 17.5. The number of aromatic nitrogens is 1. The maximum atomic E-state index is 14.2. The van der Waals surface area contributed by atoms with Gasteiger partial charge in [-0.3, -0.25) is 19.2 Å². The van der Waals surface area contributed by atoms with Gasteiger partial charge < -0.3 is 31.4 Å². The molecule has 0 saturated heterocycles. The van der Waals surface area contributed by atoms with Crippen molar-refractivity contribution < 1.29 is 24.3 Å². The highest BCUT2D eigenvalue weighted by Gasteiger charge is 2.33. The Labute approximate surface area is 302 Å². The van der Waals surface area contributed by atoms with E-state index in [0.717, 1.165) is 44.3 Å². The number of amides is 4. The molecular weight excluding hydrogens is 654 g/mol. The number of H-pyrrole nitrogens is 1. The molecule has 1 unspecified atom stereocenters. The predicted octanol–water partition coefficient (Wildman–Crippen LogP) is 4.13. The molecule has 4 atom stereocenters. The molecular formula is C42H43N5O5. The third-order valence-electron chi connectivity index (χ3n) is 9.57. The van der Waals surface area contributed by atoms with Crippen LogP contribution in [-0.4, -0.2) is 57.9 Å². The van der Waals surface area contributed by atoms with Crippen LogP contribution in [0, 0.1) is 0 Å². The summed E-state index contributed by atoms with van der Waals surface area (Å²) in [5.74, 6) is -2.13. The molecule has 4 amide bonds. The van der Waals surface area contributed by atoms with Crippen molar-refractivity contribution in [3.05, 3.63) is 149 Å². The fourth-order valence-corrected chi connectivity index (χ4v) is 6.62. The topological polar surface area (TPSA) is 152 Å². The lowest BCUT2D eigenvalue weighted by Crippen LogP contribution is -2.58. The van der Waals surface area contributed by atoms with Crippen molar-refractivity contribution in [1.82, 2.24) is 26.3 Å². The van der Waals surface area contributed by atoms with Gasteiger partial charge in [0.15, 0.2) is 6.10 Å². The van der Waals surface area contributed by atoms with Crippen molar-refractivity contribution in [2.75, 3.05) is 0 Å². The molecule has 5 aromatic rings. The van der Waals surface area contributed by atoms with Crippen LogP contribution in [-0.2, 0) is 45.0 Å². The van der Waals surface area contributed by atoms with Crippen molar-refractivity contribution in [3.63, 3.8) is 0 Å². The first-order valence-electron chi connectivity index (χ1n) is 17.5. The van der Waals surface area contributed by atoms with Gasteiger partial charge in [-0.15, -0.1) is 0 Å². The number of carbonyl (C=O) groups excluding carboxylic acids is 4. The van der Waals surface area contributed by atoms with Crippen LogP contribution in [0.1, 0.15) is 41.7 Å². The number of hydrogen-bond acceptors (Lipinski definition) is 5. The van der Waals surface area contributed by atoms with Crippen LogP contribution in [0.2, 0.25) is 0 Å². The van der Waals surface area contributed by atoms with E-state index < -0.39 is 42.0 Å². The van der Waals surface area contributed by atoms with E-state index in [4.69, 9.17) is 0 Å². The van der Waals surface area contributed by atoms with E-state index in [1.807, 2.05) is 116 Å². The van der Waals surface area contributed by atoms with Crippen molar-refractivity contribution in [2.45, 2.75) is 63.9 Å². The number of para-hydroxylation sites is 1. The summed E-state index contributed by atoms with van der Waals surface area (Å²) in [5.41, 5.74) is 6.86. The second-order valence-corrected chi connectivity index (χ2v) is 13.2. The number of allylic oxidation sites excluding steroid dienone is 1. The summed E-state index contributed by atoms with van der Waals surface area (Å²) >= 11 is 0. The first kappa shape index (κ1) is 35.8. The minimum atomic E-state index is -1.59. The monoisotopic (exact) mass is 697 g/mol. The first-order chi connectivity index (χ1) is 25.2. The maximum Gasteiger partial charge on any atom is 0.251 e. The lowest BCUT2D eigenvalue weighted by Gasteiger charge is -2.27. The number of aromatic amines is 1. The summed E-state index contributed by atoms with van der Waals surface area (Å²) in [7, 11) is 0. The van der Waals surface area contributed by atoms with Gasteiger partial charge in [-0.05, 0) is 59.7 Å². The quantitative estimate of drug-likeness (QED) is 0.103. The number of aliphatic hydroxyl groups is 1. The molecule has 1 heterocycles. The van der Waals surface area contributed by atoms with E-state index in [1.165, 1.54) is 0 Å². The Bertz CT molecular complexity index is 2090. The van der Waals surface area contributed by atoms with Crippen LogP contribution in [0.25, 0.3) is 16.5 Å². The molecule has 0 radical (unpaired) electrons. The molecule has 0 aliphatic heterocycles. The molecule has 0 spiro atoms. The number of rotatable bonds is 14. The highest BCUT2D eigenvalue weighted by molar-refractivity contribution is 6.05. The average molecular weight is 698 g/mol. The summed E-state index contributed by atoms with van der Waals surface area (Å²) in [5, 5.41) is 23.5. The molecule has 4 aromatic carbocycles. The minimum Gasteiger partial charge on any atom is -0.381 e. The molecule has 1 aliphatic carbocycles. The predicted molar refractivity (Wildman–Crippen MR) is 201 cm³/mol. The molecule has 0 fully saturated rings. The van der Waals surface area contributed by atoms with Gasteiger partial charge in [-0.25, -0.2) is 0 Å². The van der Waals surface area contributed by atoms with Crippen LogP contribution in [0.5, 0.6) is 0 Å². The maximum absolute atomic E-state index is 14.2. The smallest absolute Gasteiger partial charge is 0.251 e. The van der Waals surface area contributed by atoms with Gasteiger partial charge in [0, 0.05) is 42.1 Å². The molecule has 1 aromatic heterocycles. The number of nitrogens with one attached hydrogen (secondary N) is 5. The average Bonchev–Trinajstić information content (AvgIpc) is 3.74. The second kappa shape index (κ2) is 16.3. The van der Waals surface area contributed by atoms with Crippen LogP contribution < -0.4 is 21.3 Å². The zero-order valence-electron chi connectivity index (χ0n) is 29.2. The molecule has 266 valence electrons. The molecule has 6 rings (SSSR count). The van der Waals surface area contributed by atoms with E-state index in [0.29, 0.717) is 12.0 Å². The van der Waals surface area contributed by atoms with Crippen LogP contribution in [0.15, 0.2) is 121 Å². The Hall–Kier alpha value is -6.00. The van der Waals surface area contributed by atoms with E-state index >= 15 is 0 Å². The summed E-state index contributed by atoms with van der Waals surface area (Å²) in [6.45, 7) is 3.67. The van der Waals surface area contributed by atoms with Crippen molar-refractivity contribution >= 4 is 40.1 Å². The lowest BCUT2D eigenvalue weighted by molar-refractivity contribution is -0.134. The lowest BCUT2D eigenvalue weighted by atomic mass is 9.98. The molecule has 10 heteroatoms. The van der Waals surface area contributed by atoms with Gasteiger partial charge >= 0.3 is 0 Å². The number of fused-ring (bicyclic) bond motifs is 2. The number of hydrogen-bond donors (Lipinski definition) is 6. The normalized spacial score (nSPS) is 14.5. The second-order valence-electron chi connectivity index (χ2n) is 13.2. The summed E-state index contributed by atoms with van der Waals surface area (Å²) in [6, 6.07) is 30.9. The SMILES string of the molecule is CC1=C(C(=O)N[C@@H](C)C(=O)N[C@@H](Cc2c[nH]c3ccccc23)C(=O)N[C@@H](Cc2ccccc2)C(O)C(=O)NCc2ccccc2)Cc2ccccc21. The van der Waals surface area contributed by atoms with Gasteiger partial charge in [0.1, 0.15) is 12.1 Å². The van der Waals surface area contributed by atoms with Crippen LogP contribution in [0.4, 0.5) is 0 Å². The standard InChI is InChI=1S/C42H43N5O5/c1-26-32-18-10-9-17-30(32)22-34(26)40(50)45-27(2)39(49)47-37(23-31-25-43-35-20-12-11-19-33(31)35)41(51)46-36(21-28-13-5-3-6-14-28)38(48)42(52)44-24-29-15-7-4-8-16-29/h3-20,25,27,36-38,43,48H,21-24H2,1-2H3,(H,44,52)(H,45,50)(H,46,51)(H,47,49)/t27-,36-,37-,38?/m0/s1. The summed E-state index contributed by atoms with van der Waals surface area (Å²) in [6.07, 6.45) is 0.933. The van der Waals surface area contributed by atoms with Crippen LogP contribution >= 0.6 is 0 Å². The highest BCUT2D eigenvalue weighted by atomic mass is 16.3. The Morgan fingerprint density at radius 1 is 0.731 bits per heavy atom. The molecule has 0 bridgehead atoms. The Morgan fingerprint density at radius 2 is 1.38 bits per heavy atom. The van der Waals surface area contributed by atoms with Gasteiger partial charge in [0.05, 0.1) is 6.04 Å². The molecule has 52 heavy (non-hydrogen) atoms. The third-order valence-corrected chi connectivity index (χ3v) is 9.57. The largest absolute Gasteiger partial charge is 0.381 e.